The molecule has 6 heteroatoms. The van der Waals surface area contributed by atoms with E-state index in [9.17, 15) is 9.59 Å². The van der Waals surface area contributed by atoms with E-state index in [2.05, 4.69) is 15.0 Å². The summed E-state index contributed by atoms with van der Waals surface area (Å²) in [5.41, 5.74) is 1.05. The third-order valence-electron chi connectivity index (χ3n) is 2.60. The van der Waals surface area contributed by atoms with Gasteiger partial charge in [-0.2, -0.15) is 0 Å². The van der Waals surface area contributed by atoms with Crippen molar-refractivity contribution in [3.8, 4) is 0 Å². The maximum atomic E-state index is 12.2. The van der Waals surface area contributed by atoms with Crippen molar-refractivity contribution in [1.82, 2.24) is 9.88 Å². The standard InChI is InChI=1S/C13H19N3O3/c1-4-14-10-6-5-8-15-12(10)13(18)16(2)9-7-11(17)19-3/h5-6,8,14H,4,7,9H2,1-3H3. The van der Waals surface area contributed by atoms with Crippen LogP contribution in [0.4, 0.5) is 5.69 Å². The zero-order chi connectivity index (χ0) is 14.3. The van der Waals surface area contributed by atoms with Crippen LogP contribution < -0.4 is 5.32 Å². The molecule has 0 spiro atoms. The van der Waals surface area contributed by atoms with E-state index in [0.717, 1.165) is 0 Å². The second kappa shape index (κ2) is 7.35. The fraction of sp³-hybridized carbons (Fsp3) is 0.462. The van der Waals surface area contributed by atoms with Crippen LogP contribution in [0.5, 0.6) is 0 Å². The molecule has 0 saturated carbocycles. The van der Waals surface area contributed by atoms with Crippen molar-refractivity contribution in [3.05, 3.63) is 24.0 Å². The molecule has 1 heterocycles. The number of anilines is 1. The topological polar surface area (TPSA) is 71.5 Å². The second-order valence-electron chi connectivity index (χ2n) is 3.98. The van der Waals surface area contributed by atoms with Gasteiger partial charge in [0.1, 0.15) is 0 Å². The molecule has 0 bridgehead atoms. The molecule has 0 saturated heterocycles. The molecule has 0 aromatic carbocycles. The third-order valence-corrected chi connectivity index (χ3v) is 2.60. The van der Waals surface area contributed by atoms with Crippen LogP contribution in [0, 0.1) is 0 Å². The van der Waals surface area contributed by atoms with Gasteiger partial charge in [0.05, 0.1) is 19.2 Å². The molecule has 0 fully saturated rings. The van der Waals surface area contributed by atoms with Gasteiger partial charge in [-0.3, -0.25) is 9.59 Å². The normalized spacial score (nSPS) is 9.84. The molecule has 1 rings (SSSR count). The lowest BCUT2D eigenvalue weighted by molar-refractivity contribution is -0.140. The summed E-state index contributed by atoms with van der Waals surface area (Å²) in [4.78, 5) is 28.8. The van der Waals surface area contributed by atoms with Crippen molar-refractivity contribution >= 4 is 17.6 Å². The molecular formula is C13H19N3O3. The third kappa shape index (κ3) is 4.24. The average Bonchev–Trinajstić information content (AvgIpc) is 2.44. The average molecular weight is 265 g/mol. The summed E-state index contributed by atoms with van der Waals surface area (Å²) in [6.45, 7) is 2.95. The number of nitrogens with one attached hydrogen (secondary N) is 1. The van der Waals surface area contributed by atoms with Gasteiger partial charge >= 0.3 is 5.97 Å². The van der Waals surface area contributed by atoms with Crippen molar-refractivity contribution in [1.29, 1.82) is 0 Å². The van der Waals surface area contributed by atoms with E-state index in [0.29, 0.717) is 24.5 Å². The zero-order valence-corrected chi connectivity index (χ0v) is 11.5. The minimum atomic E-state index is -0.340. The van der Waals surface area contributed by atoms with Crippen LogP contribution in [0.3, 0.4) is 0 Å². The Morgan fingerprint density at radius 1 is 1.47 bits per heavy atom. The number of aromatic nitrogens is 1. The van der Waals surface area contributed by atoms with Crippen LogP contribution >= 0.6 is 0 Å². The molecule has 6 nitrogen and oxygen atoms in total. The Labute approximate surface area is 112 Å². The molecule has 104 valence electrons. The van der Waals surface area contributed by atoms with Gasteiger partial charge in [-0.15, -0.1) is 0 Å². The zero-order valence-electron chi connectivity index (χ0n) is 11.5. The Morgan fingerprint density at radius 2 is 2.21 bits per heavy atom. The SMILES string of the molecule is CCNc1cccnc1C(=O)N(C)CCC(=O)OC. The number of hydrogen-bond acceptors (Lipinski definition) is 5. The van der Waals surface area contributed by atoms with Crippen LogP contribution in [0.25, 0.3) is 0 Å². The molecule has 1 amide bonds. The highest BCUT2D eigenvalue weighted by Gasteiger charge is 2.17. The predicted molar refractivity (Wildman–Crippen MR) is 72.0 cm³/mol. The van der Waals surface area contributed by atoms with Crippen LogP contribution in [-0.2, 0) is 9.53 Å². The highest BCUT2D eigenvalue weighted by molar-refractivity contribution is 5.97. The number of pyridine rings is 1. The number of carbonyl (C=O) groups is 2. The lowest BCUT2D eigenvalue weighted by atomic mass is 10.2. The largest absolute Gasteiger partial charge is 0.469 e. The fourth-order valence-electron chi connectivity index (χ4n) is 1.55. The molecule has 0 aliphatic rings. The summed E-state index contributed by atoms with van der Waals surface area (Å²) in [6.07, 6.45) is 1.74. The van der Waals surface area contributed by atoms with Gasteiger partial charge in [0.15, 0.2) is 5.69 Å². The Balaban J connectivity index is 2.73. The van der Waals surface area contributed by atoms with Crippen molar-refractivity contribution in [2.24, 2.45) is 0 Å². The first-order valence-corrected chi connectivity index (χ1v) is 6.11. The van der Waals surface area contributed by atoms with E-state index in [1.54, 1.807) is 25.4 Å². The van der Waals surface area contributed by atoms with Crippen LogP contribution in [0.1, 0.15) is 23.8 Å². The van der Waals surface area contributed by atoms with E-state index < -0.39 is 0 Å². The summed E-state index contributed by atoms with van der Waals surface area (Å²) in [5, 5.41) is 3.09. The van der Waals surface area contributed by atoms with Crippen molar-refractivity contribution < 1.29 is 14.3 Å². The Morgan fingerprint density at radius 3 is 2.84 bits per heavy atom. The second-order valence-corrected chi connectivity index (χ2v) is 3.98. The Kier molecular flexibility index (Phi) is 5.78. The van der Waals surface area contributed by atoms with E-state index in [1.807, 2.05) is 6.92 Å². The maximum absolute atomic E-state index is 12.2. The number of esters is 1. The van der Waals surface area contributed by atoms with Gasteiger partial charge in [-0.25, -0.2) is 4.98 Å². The summed E-state index contributed by atoms with van der Waals surface area (Å²) in [6, 6.07) is 3.57. The van der Waals surface area contributed by atoms with Crippen molar-refractivity contribution in [2.75, 3.05) is 32.6 Å². The number of hydrogen-bond donors (Lipinski definition) is 1. The first-order chi connectivity index (χ1) is 9.10. The number of rotatable bonds is 6. The van der Waals surface area contributed by atoms with Gasteiger partial charge < -0.3 is 15.0 Å². The number of amides is 1. The van der Waals surface area contributed by atoms with Gasteiger partial charge in [0, 0.05) is 26.3 Å². The summed E-state index contributed by atoms with van der Waals surface area (Å²) in [5.74, 6) is -0.562. The van der Waals surface area contributed by atoms with Gasteiger partial charge in [0.25, 0.3) is 5.91 Å². The van der Waals surface area contributed by atoms with Crippen LogP contribution in [0.2, 0.25) is 0 Å². The maximum Gasteiger partial charge on any atom is 0.307 e. The predicted octanol–water partition coefficient (Wildman–Crippen LogP) is 1.15. The highest BCUT2D eigenvalue weighted by Crippen LogP contribution is 2.13. The van der Waals surface area contributed by atoms with Gasteiger partial charge in [-0.05, 0) is 19.1 Å². The molecular weight excluding hydrogens is 246 g/mol. The van der Waals surface area contributed by atoms with E-state index in [1.165, 1.54) is 12.0 Å². The Hall–Kier alpha value is -2.11. The van der Waals surface area contributed by atoms with Crippen LogP contribution in [0.15, 0.2) is 18.3 Å². The monoisotopic (exact) mass is 265 g/mol. The Bertz CT molecular complexity index is 449. The van der Waals surface area contributed by atoms with E-state index in [4.69, 9.17) is 0 Å². The van der Waals surface area contributed by atoms with Crippen LogP contribution in [-0.4, -0.2) is 49.0 Å². The molecule has 1 aromatic heterocycles. The smallest absolute Gasteiger partial charge is 0.307 e. The minimum absolute atomic E-state index is 0.169. The summed E-state index contributed by atoms with van der Waals surface area (Å²) < 4.78 is 4.54. The van der Waals surface area contributed by atoms with Gasteiger partial charge in [-0.1, -0.05) is 0 Å². The lowest BCUT2D eigenvalue weighted by Crippen LogP contribution is -2.30. The van der Waals surface area contributed by atoms with E-state index >= 15 is 0 Å². The summed E-state index contributed by atoms with van der Waals surface area (Å²) >= 11 is 0. The molecule has 1 N–H and O–H groups in total. The van der Waals surface area contributed by atoms with Gasteiger partial charge in [0.2, 0.25) is 0 Å². The summed E-state index contributed by atoms with van der Waals surface area (Å²) in [7, 11) is 2.96. The quantitative estimate of drug-likeness (QED) is 0.781. The minimum Gasteiger partial charge on any atom is -0.469 e. The first-order valence-electron chi connectivity index (χ1n) is 6.11. The van der Waals surface area contributed by atoms with Crippen molar-refractivity contribution in [2.45, 2.75) is 13.3 Å². The number of carbonyl (C=O) groups excluding carboxylic acids is 2. The molecule has 1 aromatic rings. The van der Waals surface area contributed by atoms with Crippen molar-refractivity contribution in [3.63, 3.8) is 0 Å². The number of ether oxygens (including phenoxy) is 1. The highest BCUT2D eigenvalue weighted by atomic mass is 16.5. The number of methoxy groups -OCH3 is 1. The first kappa shape index (κ1) is 14.9. The number of nitrogens with zero attached hydrogens (tertiary/aromatic N) is 2. The molecule has 19 heavy (non-hydrogen) atoms. The molecule has 0 radical (unpaired) electrons. The molecule has 0 atom stereocenters. The molecule has 0 aliphatic carbocycles. The molecule has 0 aliphatic heterocycles. The molecule has 0 unspecified atom stereocenters. The lowest BCUT2D eigenvalue weighted by Gasteiger charge is -2.17. The fourth-order valence-corrected chi connectivity index (χ4v) is 1.55. The van der Waals surface area contributed by atoms with E-state index in [-0.39, 0.29) is 18.3 Å².